The van der Waals surface area contributed by atoms with Gasteiger partial charge < -0.3 is 0 Å². The van der Waals surface area contributed by atoms with E-state index >= 15 is 0 Å². The second-order valence-corrected chi connectivity index (χ2v) is 19.6. The molecule has 1 aliphatic rings. The predicted molar refractivity (Wildman–Crippen MR) is 147 cm³/mol. The molecule has 0 aliphatic heterocycles. The maximum atomic E-state index is 13.4. The third kappa shape index (κ3) is 5.33. The zero-order valence-corrected chi connectivity index (χ0v) is 23.9. The highest BCUT2D eigenvalue weighted by molar-refractivity contribution is 6.88. The SMILES string of the molecule is CCC[Si](C#CC1([Si](CCC)(CCC)CCC)CC(=O)c2ccccc21)(CCC)CCC. The summed E-state index contributed by atoms with van der Waals surface area (Å²) in [6, 6.07) is 16.4. The van der Waals surface area contributed by atoms with Gasteiger partial charge in [-0.05, 0) is 23.7 Å². The molecule has 1 aromatic rings. The maximum Gasteiger partial charge on any atom is 0.164 e. The second kappa shape index (κ2) is 12.4. The summed E-state index contributed by atoms with van der Waals surface area (Å²) in [5.41, 5.74) is 6.43. The van der Waals surface area contributed by atoms with Crippen LogP contribution in [0.15, 0.2) is 24.3 Å². The summed E-state index contributed by atoms with van der Waals surface area (Å²) < 4.78 is 0. The van der Waals surface area contributed by atoms with Crippen molar-refractivity contribution >= 4 is 21.9 Å². The Balaban J connectivity index is 2.82. The number of hydrogen-bond donors (Lipinski definition) is 0. The average Bonchev–Trinajstić information content (AvgIpc) is 3.07. The quantitative estimate of drug-likeness (QED) is 0.208. The van der Waals surface area contributed by atoms with Crippen molar-refractivity contribution in [3.63, 3.8) is 0 Å². The fourth-order valence-corrected chi connectivity index (χ4v) is 18.1. The number of fused-ring (bicyclic) bond motifs is 1. The lowest BCUT2D eigenvalue weighted by Crippen LogP contribution is -2.54. The van der Waals surface area contributed by atoms with E-state index in [2.05, 4.69) is 71.2 Å². The summed E-state index contributed by atoms with van der Waals surface area (Å²) in [7, 11) is -3.50. The fourth-order valence-electron chi connectivity index (χ4n) is 6.94. The van der Waals surface area contributed by atoms with E-state index in [0.29, 0.717) is 12.2 Å². The van der Waals surface area contributed by atoms with Crippen molar-refractivity contribution in [1.29, 1.82) is 0 Å². The molecule has 0 amide bonds. The van der Waals surface area contributed by atoms with Crippen LogP contribution in [0.3, 0.4) is 0 Å². The van der Waals surface area contributed by atoms with E-state index in [1.165, 1.54) is 80.4 Å². The highest BCUT2D eigenvalue weighted by Crippen LogP contribution is 2.51. The van der Waals surface area contributed by atoms with Crippen LogP contribution in [0.4, 0.5) is 0 Å². The van der Waals surface area contributed by atoms with Gasteiger partial charge in [0.1, 0.15) is 8.07 Å². The maximum absolute atomic E-state index is 13.4. The van der Waals surface area contributed by atoms with Crippen molar-refractivity contribution in [2.75, 3.05) is 0 Å². The molecule has 178 valence electrons. The van der Waals surface area contributed by atoms with Crippen LogP contribution in [0, 0.1) is 11.5 Å². The van der Waals surface area contributed by atoms with Crippen molar-refractivity contribution in [2.45, 2.75) is 128 Å². The van der Waals surface area contributed by atoms with Crippen molar-refractivity contribution in [3.05, 3.63) is 35.4 Å². The number of carbonyl (C=O) groups is 1. The summed E-state index contributed by atoms with van der Waals surface area (Å²) in [6.07, 6.45) is 8.02. The van der Waals surface area contributed by atoms with E-state index in [1.807, 2.05) is 6.07 Å². The van der Waals surface area contributed by atoms with Gasteiger partial charge in [-0.1, -0.05) is 122 Å². The first-order chi connectivity index (χ1) is 15.4. The van der Waals surface area contributed by atoms with Gasteiger partial charge in [-0.15, -0.1) is 11.5 Å². The van der Waals surface area contributed by atoms with Crippen LogP contribution < -0.4 is 0 Å². The molecule has 0 bridgehead atoms. The molecule has 3 heteroatoms. The number of Topliss-reactive ketones (excluding diaryl/α,β-unsaturated/α-hetero) is 1. The molecule has 2 rings (SSSR count). The molecule has 0 saturated heterocycles. The molecular weight excluding hydrogens is 420 g/mol. The monoisotopic (exact) mass is 468 g/mol. The topological polar surface area (TPSA) is 17.1 Å². The first-order valence-electron chi connectivity index (χ1n) is 13.6. The van der Waals surface area contributed by atoms with E-state index < -0.39 is 16.1 Å². The average molecular weight is 469 g/mol. The third-order valence-electron chi connectivity index (χ3n) is 7.93. The van der Waals surface area contributed by atoms with Gasteiger partial charge in [-0.25, -0.2) is 0 Å². The summed E-state index contributed by atoms with van der Waals surface area (Å²) in [5.74, 6) is 4.48. The van der Waals surface area contributed by atoms with Gasteiger partial charge in [0, 0.05) is 12.0 Å². The Bertz CT molecular complexity index is 769. The Morgan fingerprint density at radius 3 is 1.69 bits per heavy atom. The summed E-state index contributed by atoms with van der Waals surface area (Å²) >= 11 is 0. The van der Waals surface area contributed by atoms with Gasteiger partial charge in [0.25, 0.3) is 0 Å². The molecular formula is C29H48OSi2. The molecule has 1 atom stereocenters. The van der Waals surface area contributed by atoms with Crippen molar-refractivity contribution in [3.8, 4) is 11.5 Å². The highest BCUT2D eigenvalue weighted by Gasteiger charge is 2.56. The fraction of sp³-hybridized carbons (Fsp3) is 0.690. The van der Waals surface area contributed by atoms with Gasteiger partial charge in [0.05, 0.1) is 13.1 Å². The zero-order valence-electron chi connectivity index (χ0n) is 21.9. The lowest BCUT2D eigenvalue weighted by atomic mass is 10.0. The molecule has 0 fully saturated rings. The first-order valence-corrected chi connectivity index (χ1v) is 18.8. The van der Waals surface area contributed by atoms with Crippen molar-refractivity contribution < 1.29 is 4.79 Å². The molecule has 0 saturated carbocycles. The Morgan fingerprint density at radius 1 is 0.750 bits per heavy atom. The van der Waals surface area contributed by atoms with Gasteiger partial charge in [0.2, 0.25) is 0 Å². The van der Waals surface area contributed by atoms with Crippen LogP contribution in [0.5, 0.6) is 0 Å². The van der Waals surface area contributed by atoms with Crippen LogP contribution in [0.2, 0.25) is 36.3 Å². The predicted octanol–water partition coefficient (Wildman–Crippen LogP) is 8.95. The molecule has 32 heavy (non-hydrogen) atoms. The van der Waals surface area contributed by atoms with E-state index in [-0.39, 0.29) is 5.04 Å². The molecule has 0 aromatic heterocycles. The number of hydrogen-bond acceptors (Lipinski definition) is 1. The summed E-state index contributed by atoms with van der Waals surface area (Å²) in [5, 5.41) is -0.170. The largest absolute Gasteiger partial charge is 0.294 e. The number of carbonyl (C=O) groups excluding carboxylic acids is 1. The van der Waals surface area contributed by atoms with Gasteiger partial charge >= 0.3 is 0 Å². The molecule has 0 heterocycles. The van der Waals surface area contributed by atoms with E-state index in [9.17, 15) is 4.79 Å². The molecule has 1 aliphatic carbocycles. The van der Waals surface area contributed by atoms with Gasteiger partial charge in [-0.2, -0.15) is 0 Å². The summed E-state index contributed by atoms with van der Waals surface area (Å²) in [6.45, 7) is 14.1. The number of benzene rings is 1. The first kappa shape index (κ1) is 27.1. The zero-order chi connectivity index (χ0) is 23.7. The molecule has 1 aromatic carbocycles. The number of ketones is 1. The van der Waals surface area contributed by atoms with Crippen LogP contribution in [0.1, 0.15) is 102 Å². The highest BCUT2D eigenvalue weighted by atomic mass is 28.3. The van der Waals surface area contributed by atoms with Crippen LogP contribution >= 0.6 is 0 Å². The molecule has 1 unspecified atom stereocenters. The minimum absolute atomic E-state index is 0.170. The Hall–Kier alpha value is -1.12. The minimum Gasteiger partial charge on any atom is -0.294 e. The van der Waals surface area contributed by atoms with E-state index in [1.54, 1.807) is 0 Å². The lowest BCUT2D eigenvalue weighted by Gasteiger charge is -2.45. The van der Waals surface area contributed by atoms with Crippen LogP contribution in [0.25, 0.3) is 0 Å². The Morgan fingerprint density at radius 2 is 1.22 bits per heavy atom. The Kier molecular flexibility index (Phi) is 10.5. The van der Waals surface area contributed by atoms with Crippen molar-refractivity contribution in [1.82, 2.24) is 0 Å². The molecule has 1 nitrogen and oxygen atoms in total. The van der Waals surface area contributed by atoms with Gasteiger partial charge in [0.15, 0.2) is 5.78 Å². The third-order valence-corrected chi connectivity index (χ3v) is 19.7. The standard InChI is InChI=1S/C29H48OSi2/c1-7-18-31(19-8-2,20-9-3)24-17-29(32(21-10-4,22-11-5)23-12-6)25-28(30)26-15-13-14-16-27(26)29/h13-16H,7-12,18-23,25H2,1-6H3. The van der Waals surface area contributed by atoms with Crippen LogP contribution in [-0.2, 0) is 5.04 Å². The lowest BCUT2D eigenvalue weighted by molar-refractivity contribution is 0.0988. The normalized spacial score (nSPS) is 18.4. The smallest absolute Gasteiger partial charge is 0.164 e. The molecule has 0 radical (unpaired) electrons. The van der Waals surface area contributed by atoms with E-state index in [4.69, 9.17) is 0 Å². The summed E-state index contributed by atoms with van der Waals surface area (Å²) in [4.78, 5) is 13.4. The minimum atomic E-state index is -1.85. The van der Waals surface area contributed by atoms with Crippen molar-refractivity contribution in [2.24, 2.45) is 0 Å². The molecule has 0 spiro atoms. The number of rotatable bonds is 13. The van der Waals surface area contributed by atoms with Gasteiger partial charge in [-0.3, -0.25) is 4.79 Å². The van der Waals surface area contributed by atoms with E-state index in [0.717, 1.165) is 5.56 Å². The Labute approximate surface area is 201 Å². The molecule has 0 N–H and O–H groups in total. The van der Waals surface area contributed by atoms with Crippen LogP contribution in [-0.4, -0.2) is 21.9 Å². The second-order valence-electron chi connectivity index (χ2n) is 10.4.